The molecule has 2 N–H and O–H groups in total. The van der Waals surface area contributed by atoms with Gasteiger partial charge in [0.2, 0.25) is 0 Å². The van der Waals surface area contributed by atoms with E-state index in [0.29, 0.717) is 12.3 Å². The van der Waals surface area contributed by atoms with Crippen LogP contribution in [-0.4, -0.2) is 14.9 Å². The Morgan fingerprint density at radius 2 is 2.00 bits per heavy atom. The van der Waals surface area contributed by atoms with Gasteiger partial charge in [0.1, 0.15) is 11.6 Å². The lowest BCUT2D eigenvalue weighted by Gasteiger charge is -2.03. The predicted octanol–water partition coefficient (Wildman–Crippen LogP) is 2.53. The highest BCUT2D eigenvalue weighted by molar-refractivity contribution is 5.37. The zero-order chi connectivity index (χ0) is 12.3. The Labute approximate surface area is 101 Å². The molecule has 4 heteroatoms. The maximum atomic E-state index is 9.18. The first-order chi connectivity index (χ1) is 8.19. The van der Waals surface area contributed by atoms with Crippen LogP contribution in [-0.2, 0) is 13.1 Å². The Hall–Kier alpha value is -1.97. The summed E-state index contributed by atoms with van der Waals surface area (Å²) >= 11 is 0. The monoisotopic (exact) mass is 231 g/mol. The summed E-state index contributed by atoms with van der Waals surface area (Å²) in [6.45, 7) is 5.71. The topological polar surface area (TPSA) is 50.1 Å². The molecule has 2 aromatic rings. The fourth-order valence-electron chi connectivity index (χ4n) is 1.72. The van der Waals surface area contributed by atoms with Gasteiger partial charge in [-0.3, -0.25) is 4.68 Å². The summed E-state index contributed by atoms with van der Waals surface area (Å²) in [5.41, 5.74) is 2.27. The second-order valence-electron chi connectivity index (χ2n) is 4.01. The molecule has 0 radical (unpaired) electrons. The quantitative estimate of drug-likeness (QED) is 0.850. The first-order valence-electron chi connectivity index (χ1n) is 5.75. The van der Waals surface area contributed by atoms with Crippen LogP contribution in [0.3, 0.4) is 0 Å². The molecule has 90 valence electrons. The van der Waals surface area contributed by atoms with Crippen LogP contribution in [0.4, 0.5) is 5.82 Å². The maximum absolute atomic E-state index is 9.18. The third-order valence-corrected chi connectivity index (χ3v) is 2.69. The standard InChI is InChI=1S/C13H17N3O/c1-3-16-10(2)8-13(15-16)14-9-11-4-6-12(17)7-5-11/h4-8,17H,3,9H2,1-2H3,(H,14,15). The van der Waals surface area contributed by atoms with E-state index >= 15 is 0 Å². The van der Waals surface area contributed by atoms with E-state index in [0.717, 1.165) is 23.6 Å². The van der Waals surface area contributed by atoms with Crippen LogP contribution in [0.2, 0.25) is 0 Å². The van der Waals surface area contributed by atoms with Gasteiger partial charge in [0.15, 0.2) is 0 Å². The van der Waals surface area contributed by atoms with Gasteiger partial charge in [0.05, 0.1) is 0 Å². The molecular formula is C13H17N3O. The van der Waals surface area contributed by atoms with Gasteiger partial charge in [0, 0.05) is 24.8 Å². The van der Waals surface area contributed by atoms with E-state index in [2.05, 4.69) is 17.3 Å². The number of aromatic hydroxyl groups is 1. The predicted molar refractivity (Wildman–Crippen MR) is 68.1 cm³/mol. The number of hydrogen-bond acceptors (Lipinski definition) is 3. The van der Waals surface area contributed by atoms with Crippen molar-refractivity contribution < 1.29 is 5.11 Å². The Morgan fingerprint density at radius 1 is 1.29 bits per heavy atom. The van der Waals surface area contributed by atoms with Crippen LogP contribution in [0.1, 0.15) is 18.2 Å². The van der Waals surface area contributed by atoms with Crippen molar-refractivity contribution >= 4 is 5.82 Å². The maximum Gasteiger partial charge on any atom is 0.148 e. The molecule has 4 nitrogen and oxygen atoms in total. The number of rotatable bonds is 4. The van der Waals surface area contributed by atoms with Crippen molar-refractivity contribution in [2.24, 2.45) is 0 Å². The van der Waals surface area contributed by atoms with Crippen LogP contribution >= 0.6 is 0 Å². The molecule has 0 spiro atoms. The molecule has 1 aromatic heterocycles. The molecule has 1 heterocycles. The summed E-state index contributed by atoms with van der Waals surface area (Å²) in [5.74, 6) is 1.18. The number of anilines is 1. The molecule has 0 atom stereocenters. The molecule has 0 saturated heterocycles. The minimum atomic E-state index is 0.292. The number of aryl methyl sites for hydroxylation is 2. The molecule has 1 aromatic carbocycles. The van der Waals surface area contributed by atoms with Gasteiger partial charge in [-0.2, -0.15) is 5.10 Å². The Morgan fingerprint density at radius 3 is 2.59 bits per heavy atom. The van der Waals surface area contributed by atoms with Gasteiger partial charge in [-0.05, 0) is 31.5 Å². The summed E-state index contributed by atoms with van der Waals surface area (Å²) in [6.07, 6.45) is 0. The van der Waals surface area contributed by atoms with E-state index in [1.165, 1.54) is 0 Å². The summed E-state index contributed by atoms with van der Waals surface area (Å²) in [4.78, 5) is 0. The van der Waals surface area contributed by atoms with Crippen molar-refractivity contribution in [1.82, 2.24) is 9.78 Å². The lowest BCUT2D eigenvalue weighted by molar-refractivity contribution is 0.475. The first kappa shape index (κ1) is 11.5. The highest BCUT2D eigenvalue weighted by Crippen LogP contribution is 2.12. The number of hydrogen-bond donors (Lipinski definition) is 2. The van der Waals surface area contributed by atoms with Gasteiger partial charge < -0.3 is 10.4 Å². The van der Waals surface area contributed by atoms with Crippen molar-refractivity contribution in [2.45, 2.75) is 26.9 Å². The molecule has 2 rings (SSSR count). The normalized spacial score (nSPS) is 10.5. The van der Waals surface area contributed by atoms with Crippen molar-refractivity contribution in [1.29, 1.82) is 0 Å². The number of benzene rings is 1. The van der Waals surface area contributed by atoms with Crippen LogP contribution < -0.4 is 5.32 Å². The first-order valence-corrected chi connectivity index (χ1v) is 5.75. The zero-order valence-corrected chi connectivity index (χ0v) is 10.1. The number of phenolic OH excluding ortho intramolecular Hbond substituents is 1. The number of nitrogens with zero attached hydrogens (tertiary/aromatic N) is 2. The second-order valence-corrected chi connectivity index (χ2v) is 4.01. The van der Waals surface area contributed by atoms with Gasteiger partial charge in [-0.15, -0.1) is 0 Å². The minimum absolute atomic E-state index is 0.292. The highest BCUT2D eigenvalue weighted by Gasteiger charge is 2.02. The minimum Gasteiger partial charge on any atom is -0.508 e. The second kappa shape index (κ2) is 4.91. The third-order valence-electron chi connectivity index (χ3n) is 2.69. The van der Waals surface area contributed by atoms with Crippen LogP contribution in [0, 0.1) is 6.92 Å². The van der Waals surface area contributed by atoms with Crippen molar-refractivity contribution in [3.8, 4) is 5.75 Å². The van der Waals surface area contributed by atoms with Crippen molar-refractivity contribution in [2.75, 3.05) is 5.32 Å². The Balaban J connectivity index is 1.99. The molecule has 0 saturated carbocycles. The van der Waals surface area contributed by atoms with E-state index in [1.54, 1.807) is 12.1 Å². The summed E-state index contributed by atoms with van der Waals surface area (Å²) in [5, 5.41) is 16.9. The average molecular weight is 231 g/mol. The van der Waals surface area contributed by atoms with Gasteiger partial charge in [-0.1, -0.05) is 12.1 Å². The van der Waals surface area contributed by atoms with Gasteiger partial charge in [0.25, 0.3) is 0 Å². The van der Waals surface area contributed by atoms with Crippen LogP contribution in [0.5, 0.6) is 5.75 Å². The largest absolute Gasteiger partial charge is 0.508 e. The summed E-state index contributed by atoms with van der Waals surface area (Å²) in [6, 6.07) is 9.20. The third kappa shape index (κ3) is 2.78. The number of nitrogens with one attached hydrogen (secondary N) is 1. The Kier molecular flexibility index (Phi) is 3.32. The summed E-state index contributed by atoms with van der Waals surface area (Å²) < 4.78 is 1.96. The fourth-order valence-corrected chi connectivity index (χ4v) is 1.72. The van der Waals surface area contributed by atoms with E-state index in [9.17, 15) is 5.11 Å². The molecule has 0 aliphatic carbocycles. The molecule has 0 aliphatic heterocycles. The zero-order valence-electron chi connectivity index (χ0n) is 10.1. The fraction of sp³-hybridized carbons (Fsp3) is 0.308. The Bertz CT molecular complexity index is 488. The smallest absolute Gasteiger partial charge is 0.148 e. The highest BCUT2D eigenvalue weighted by atomic mass is 16.3. The van der Waals surface area contributed by atoms with Gasteiger partial charge >= 0.3 is 0 Å². The average Bonchev–Trinajstić information content (AvgIpc) is 2.69. The molecule has 0 bridgehead atoms. The lowest BCUT2D eigenvalue weighted by Crippen LogP contribution is -2.02. The summed E-state index contributed by atoms with van der Waals surface area (Å²) in [7, 11) is 0. The molecule has 0 unspecified atom stereocenters. The van der Waals surface area contributed by atoms with Crippen LogP contribution in [0.15, 0.2) is 30.3 Å². The molecule has 0 fully saturated rings. The molecule has 0 aliphatic rings. The molecule has 17 heavy (non-hydrogen) atoms. The van der Waals surface area contributed by atoms with Crippen molar-refractivity contribution in [3.63, 3.8) is 0 Å². The number of phenols is 1. The van der Waals surface area contributed by atoms with E-state index in [-0.39, 0.29) is 0 Å². The van der Waals surface area contributed by atoms with Gasteiger partial charge in [-0.25, -0.2) is 0 Å². The van der Waals surface area contributed by atoms with Crippen molar-refractivity contribution in [3.05, 3.63) is 41.6 Å². The lowest BCUT2D eigenvalue weighted by atomic mass is 10.2. The molecular weight excluding hydrogens is 214 g/mol. The SMILES string of the molecule is CCn1nc(NCc2ccc(O)cc2)cc1C. The van der Waals surface area contributed by atoms with E-state index < -0.39 is 0 Å². The number of aromatic nitrogens is 2. The van der Waals surface area contributed by atoms with Crippen LogP contribution in [0.25, 0.3) is 0 Å². The van der Waals surface area contributed by atoms with E-state index in [4.69, 9.17) is 0 Å². The molecule has 0 amide bonds. The van der Waals surface area contributed by atoms with E-state index in [1.807, 2.05) is 29.8 Å².